The number of rotatable bonds is 9. The Balaban J connectivity index is 1.79. The molecule has 0 heterocycles. The van der Waals surface area contributed by atoms with Crippen molar-refractivity contribution < 1.29 is 0 Å². The van der Waals surface area contributed by atoms with Gasteiger partial charge < -0.3 is 15.1 Å². The van der Waals surface area contributed by atoms with Crippen LogP contribution in [0.2, 0.25) is 0 Å². The van der Waals surface area contributed by atoms with Crippen LogP contribution in [0.3, 0.4) is 0 Å². The summed E-state index contributed by atoms with van der Waals surface area (Å²) in [6.07, 6.45) is 0. The van der Waals surface area contributed by atoms with Gasteiger partial charge in [0.05, 0.1) is 11.4 Å². The van der Waals surface area contributed by atoms with Crippen molar-refractivity contribution in [3.05, 3.63) is 60.7 Å². The zero-order chi connectivity index (χ0) is 20.6. The fourth-order valence-corrected chi connectivity index (χ4v) is 3.34. The lowest BCUT2D eigenvalue weighted by Gasteiger charge is -2.19. The molecule has 0 unspecified atom stereocenters. The maximum Gasteiger partial charge on any atom is 0.0936 e. The van der Waals surface area contributed by atoms with Crippen LogP contribution >= 0.6 is 0 Å². The third-order valence-electron chi connectivity index (χ3n) is 5.18. The van der Waals surface area contributed by atoms with Crippen molar-refractivity contribution in [2.75, 3.05) is 50.5 Å². The second-order valence-corrected chi connectivity index (χ2v) is 7.24. The quantitative estimate of drug-likeness (QED) is 0.451. The number of anilines is 2. The summed E-state index contributed by atoms with van der Waals surface area (Å²) in [5, 5.41) is 14.8. The molecular formula is C24H31N5. The second kappa shape index (κ2) is 10.0. The molecule has 29 heavy (non-hydrogen) atoms. The Labute approximate surface area is 174 Å². The number of hydrogen-bond donors (Lipinski definition) is 1. The SMILES string of the molecule is CCN(CC)CCNc1ccc(N=Nc2ccc(N(C)C)cc2)c2ccccc12. The largest absolute Gasteiger partial charge is 0.383 e. The summed E-state index contributed by atoms with van der Waals surface area (Å²) in [5.41, 5.74) is 4.02. The van der Waals surface area contributed by atoms with Crippen LogP contribution in [0.1, 0.15) is 13.8 Å². The standard InChI is InChI=1S/C24H31N5/c1-5-29(6-2)18-17-25-23-15-16-24(22-10-8-7-9-21(22)23)27-26-19-11-13-20(14-12-19)28(3)4/h7-16,25H,5-6,17-18H2,1-4H3. The Morgan fingerprint density at radius 2 is 1.48 bits per heavy atom. The van der Waals surface area contributed by atoms with Crippen molar-refractivity contribution in [3.8, 4) is 0 Å². The molecule has 1 N–H and O–H groups in total. The Kier molecular flexibility index (Phi) is 7.19. The van der Waals surface area contributed by atoms with E-state index in [2.05, 4.69) is 75.6 Å². The number of nitrogens with zero attached hydrogens (tertiary/aromatic N) is 4. The first-order chi connectivity index (χ1) is 14.1. The highest BCUT2D eigenvalue weighted by molar-refractivity contribution is 6.00. The highest BCUT2D eigenvalue weighted by Crippen LogP contribution is 2.33. The van der Waals surface area contributed by atoms with E-state index in [0.717, 1.165) is 54.3 Å². The van der Waals surface area contributed by atoms with Gasteiger partial charge in [-0.2, -0.15) is 5.11 Å². The van der Waals surface area contributed by atoms with Crippen molar-refractivity contribution in [2.24, 2.45) is 10.2 Å². The molecule has 3 aromatic carbocycles. The predicted molar refractivity (Wildman–Crippen MR) is 125 cm³/mol. The molecule has 0 aromatic heterocycles. The number of azo groups is 1. The molecule has 3 aromatic rings. The van der Waals surface area contributed by atoms with Crippen LogP contribution in [0.25, 0.3) is 10.8 Å². The van der Waals surface area contributed by atoms with Gasteiger partial charge in [0.15, 0.2) is 0 Å². The van der Waals surface area contributed by atoms with E-state index in [9.17, 15) is 0 Å². The zero-order valence-corrected chi connectivity index (χ0v) is 17.9. The van der Waals surface area contributed by atoms with Gasteiger partial charge in [0, 0.05) is 49.3 Å². The third kappa shape index (κ3) is 5.33. The van der Waals surface area contributed by atoms with Gasteiger partial charge in [0.25, 0.3) is 0 Å². The van der Waals surface area contributed by atoms with E-state index < -0.39 is 0 Å². The molecule has 0 spiro atoms. The van der Waals surface area contributed by atoms with Crippen molar-refractivity contribution in [1.82, 2.24) is 4.90 Å². The molecule has 0 atom stereocenters. The van der Waals surface area contributed by atoms with Crippen molar-refractivity contribution >= 4 is 33.5 Å². The fourth-order valence-electron chi connectivity index (χ4n) is 3.34. The molecule has 0 radical (unpaired) electrons. The molecule has 0 aliphatic rings. The lowest BCUT2D eigenvalue weighted by molar-refractivity contribution is 0.316. The molecule has 0 aliphatic carbocycles. The topological polar surface area (TPSA) is 43.2 Å². The average molecular weight is 390 g/mol. The number of benzene rings is 3. The number of nitrogens with one attached hydrogen (secondary N) is 1. The van der Waals surface area contributed by atoms with E-state index in [-0.39, 0.29) is 0 Å². The highest BCUT2D eigenvalue weighted by Gasteiger charge is 2.06. The minimum atomic E-state index is 0.848. The number of fused-ring (bicyclic) bond motifs is 1. The van der Waals surface area contributed by atoms with E-state index in [4.69, 9.17) is 0 Å². The maximum atomic E-state index is 4.53. The van der Waals surface area contributed by atoms with E-state index in [1.807, 2.05) is 38.4 Å². The monoisotopic (exact) mass is 389 g/mol. The summed E-state index contributed by atoms with van der Waals surface area (Å²) >= 11 is 0. The Morgan fingerprint density at radius 3 is 2.14 bits per heavy atom. The third-order valence-corrected chi connectivity index (χ3v) is 5.18. The fraction of sp³-hybridized carbons (Fsp3) is 0.333. The highest BCUT2D eigenvalue weighted by atomic mass is 15.1. The van der Waals surface area contributed by atoms with Crippen molar-refractivity contribution in [1.29, 1.82) is 0 Å². The van der Waals surface area contributed by atoms with Crippen LogP contribution < -0.4 is 10.2 Å². The van der Waals surface area contributed by atoms with Crippen LogP contribution in [0, 0.1) is 0 Å². The Hall–Kier alpha value is -2.92. The molecule has 0 amide bonds. The Bertz CT molecular complexity index is 943. The van der Waals surface area contributed by atoms with Gasteiger partial charge in [0.2, 0.25) is 0 Å². The zero-order valence-electron chi connectivity index (χ0n) is 17.9. The summed E-state index contributed by atoms with van der Waals surface area (Å²) in [4.78, 5) is 4.49. The molecule has 0 aliphatic heterocycles. The van der Waals surface area contributed by atoms with E-state index >= 15 is 0 Å². The van der Waals surface area contributed by atoms with Crippen molar-refractivity contribution in [2.45, 2.75) is 13.8 Å². The molecule has 5 heteroatoms. The van der Waals surface area contributed by atoms with Gasteiger partial charge in [-0.15, -0.1) is 5.11 Å². The smallest absolute Gasteiger partial charge is 0.0936 e. The van der Waals surface area contributed by atoms with E-state index in [1.165, 1.54) is 5.39 Å². The molecule has 3 rings (SSSR count). The van der Waals surface area contributed by atoms with Gasteiger partial charge in [-0.25, -0.2) is 0 Å². The minimum Gasteiger partial charge on any atom is -0.383 e. The van der Waals surface area contributed by atoms with E-state index in [1.54, 1.807) is 0 Å². The lowest BCUT2D eigenvalue weighted by atomic mass is 10.1. The van der Waals surface area contributed by atoms with Crippen LogP contribution in [-0.2, 0) is 0 Å². The van der Waals surface area contributed by atoms with Gasteiger partial charge in [-0.05, 0) is 49.5 Å². The first-order valence-corrected chi connectivity index (χ1v) is 10.3. The molecule has 0 saturated carbocycles. The predicted octanol–water partition coefficient (Wildman–Crippen LogP) is 6.07. The molecule has 152 valence electrons. The van der Waals surface area contributed by atoms with E-state index in [0.29, 0.717) is 0 Å². The van der Waals surface area contributed by atoms with Crippen LogP contribution in [-0.4, -0.2) is 45.2 Å². The Morgan fingerprint density at radius 1 is 0.793 bits per heavy atom. The van der Waals surface area contributed by atoms with Gasteiger partial charge in [-0.3, -0.25) is 0 Å². The summed E-state index contributed by atoms with van der Waals surface area (Å²) in [7, 11) is 4.06. The van der Waals surface area contributed by atoms with Crippen molar-refractivity contribution in [3.63, 3.8) is 0 Å². The van der Waals surface area contributed by atoms with Gasteiger partial charge in [-0.1, -0.05) is 38.1 Å². The summed E-state index contributed by atoms with van der Waals surface area (Å²) in [6, 6.07) is 20.6. The van der Waals surface area contributed by atoms with Gasteiger partial charge >= 0.3 is 0 Å². The lowest BCUT2D eigenvalue weighted by Crippen LogP contribution is -2.28. The van der Waals surface area contributed by atoms with Crippen LogP contribution in [0.15, 0.2) is 70.9 Å². The number of hydrogen-bond acceptors (Lipinski definition) is 5. The summed E-state index contributed by atoms with van der Waals surface area (Å²) in [6.45, 7) is 8.51. The maximum absolute atomic E-state index is 4.53. The molecule has 0 saturated heterocycles. The van der Waals surface area contributed by atoms with Gasteiger partial charge in [0.1, 0.15) is 0 Å². The summed E-state index contributed by atoms with van der Waals surface area (Å²) < 4.78 is 0. The first kappa shape index (κ1) is 20.8. The molecular weight excluding hydrogens is 358 g/mol. The second-order valence-electron chi connectivity index (χ2n) is 7.24. The molecule has 0 bridgehead atoms. The summed E-state index contributed by atoms with van der Waals surface area (Å²) in [5.74, 6) is 0. The normalized spacial score (nSPS) is 11.5. The number of likely N-dealkylation sites (N-methyl/N-ethyl adjacent to an activating group) is 1. The first-order valence-electron chi connectivity index (χ1n) is 10.3. The minimum absolute atomic E-state index is 0.848. The van der Waals surface area contributed by atoms with Crippen LogP contribution in [0.5, 0.6) is 0 Å². The molecule has 0 fully saturated rings. The van der Waals surface area contributed by atoms with Crippen LogP contribution in [0.4, 0.5) is 22.7 Å². The average Bonchev–Trinajstić information content (AvgIpc) is 2.76. The molecule has 5 nitrogen and oxygen atoms in total.